The fourth-order valence-corrected chi connectivity index (χ4v) is 3.51. The Balaban J connectivity index is 1.50. The van der Waals surface area contributed by atoms with E-state index < -0.39 is 5.54 Å². The number of nitrogens with zero attached hydrogens (tertiary/aromatic N) is 4. The van der Waals surface area contributed by atoms with Crippen molar-refractivity contribution in [3.8, 4) is 0 Å². The number of likely N-dealkylation sites (tertiary alicyclic amines) is 1. The number of hydrogen-bond acceptors (Lipinski definition) is 5. The van der Waals surface area contributed by atoms with Gasteiger partial charge in [-0.3, -0.25) is 9.69 Å². The van der Waals surface area contributed by atoms with Crippen LogP contribution in [0.4, 0.5) is 4.79 Å². The number of imidazole rings is 1. The lowest BCUT2D eigenvalue weighted by Crippen LogP contribution is -2.40. The zero-order valence-corrected chi connectivity index (χ0v) is 14.5. The first-order valence-corrected chi connectivity index (χ1v) is 8.38. The van der Waals surface area contributed by atoms with E-state index in [0.29, 0.717) is 6.54 Å². The Kier molecular flexibility index (Phi) is 4.35. The summed E-state index contributed by atoms with van der Waals surface area (Å²) in [6, 6.07) is -0.231. The van der Waals surface area contributed by atoms with Gasteiger partial charge in [0, 0.05) is 44.8 Å². The van der Waals surface area contributed by atoms with Crippen LogP contribution in [0, 0.1) is 0 Å². The highest BCUT2D eigenvalue weighted by molar-refractivity contribution is 6.06. The number of amides is 3. The molecule has 0 unspecified atom stereocenters. The summed E-state index contributed by atoms with van der Waals surface area (Å²) in [7, 11) is 1.95. The normalized spacial score (nSPS) is 27.1. The number of aromatic nitrogens is 2. The summed E-state index contributed by atoms with van der Waals surface area (Å²) < 4.78 is 1.93. The van der Waals surface area contributed by atoms with Crippen molar-refractivity contribution in [2.45, 2.75) is 37.8 Å². The lowest BCUT2D eigenvalue weighted by Gasteiger charge is -2.19. The van der Waals surface area contributed by atoms with Gasteiger partial charge in [0.2, 0.25) is 0 Å². The number of hydrogen-bond donors (Lipinski definition) is 2. The van der Waals surface area contributed by atoms with Crippen LogP contribution in [-0.2, 0) is 11.8 Å². The molecule has 24 heavy (non-hydrogen) atoms. The van der Waals surface area contributed by atoms with Gasteiger partial charge in [-0.1, -0.05) is 0 Å². The first-order valence-electron chi connectivity index (χ1n) is 8.38. The van der Waals surface area contributed by atoms with Gasteiger partial charge in [-0.05, 0) is 26.8 Å². The SMILES string of the molecule is Cn1cnc([C@@H]2CN(CCCN3C(=O)NC(C)(C)C3=O)C[C@H]2N)c1. The molecule has 0 aromatic carbocycles. The van der Waals surface area contributed by atoms with Gasteiger partial charge in [0.1, 0.15) is 5.54 Å². The molecule has 8 nitrogen and oxygen atoms in total. The summed E-state index contributed by atoms with van der Waals surface area (Å²) in [5, 5.41) is 2.70. The Morgan fingerprint density at radius 2 is 2.08 bits per heavy atom. The predicted molar refractivity (Wildman–Crippen MR) is 89.3 cm³/mol. The van der Waals surface area contributed by atoms with E-state index in [4.69, 9.17) is 5.73 Å². The highest BCUT2D eigenvalue weighted by Gasteiger charge is 2.43. The summed E-state index contributed by atoms with van der Waals surface area (Å²) in [4.78, 5) is 32.0. The zero-order valence-electron chi connectivity index (χ0n) is 14.5. The molecule has 0 aliphatic carbocycles. The first-order chi connectivity index (χ1) is 11.3. The van der Waals surface area contributed by atoms with E-state index in [9.17, 15) is 9.59 Å². The molecule has 3 N–H and O–H groups in total. The number of imide groups is 1. The van der Waals surface area contributed by atoms with Gasteiger partial charge >= 0.3 is 6.03 Å². The molecule has 1 aromatic rings. The molecular formula is C16H26N6O2. The minimum atomic E-state index is -0.794. The van der Waals surface area contributed by atoms with E-state index >= 15 is 0 Å². The maximum absolute atomic E-state index is 12.2. The summed E-state index contributed by atoms with van der Waals surface area (Å²) in [5.41, 5.74) is 6.50. The van der Waals surface area contributed by atoms with Crippen LogP contribution in [0.25, 0.3) is 0 Å². The number of nitrogens with one attached hydrogen (secondary N) is 1. The molecule has 1 aromatic heterocycles. The molecule has 3 amide bonds. The fraction of sp³-hybridized carbons (Fsp3) is 0.688. The second-order valence-corrected chi connectivity index (χ2v) is 7.36. The number of carbonyl (C=O) groups excluding carboxylic acids is 2. The third-order valence-electron chi connectivity index (χ3n) is 4.85. The van der Waals surface area contributed by atoms with Gasteiger partial charge < -0.3 is 20.5 Å². The first kappa shape index (κ1) is 16.9. The summed E-state index contributed by atoms with van der Waals surface area (Å²) in [6.45, 7) is 6.38. The molecule has 132 valence electrons. The Labute approximate surface area is 142 Å². The van der Waals surface area contributed by atoms with Crippen LogP contribution in [0.1, 0.15) is 31.9 Å². The van der Waals surface area contributed by atoms with Crippen LogP contribution in [0.2, 0.25) is 0 Å². The largest absolute Gasteiger partial charge is 0.340 e. The Morgan fingerprint density at radius 3 is 2.67 bits per heavy atom. The Bertz CT molecular complexity index is 640. The van der Waals surface area contributed by atoms with Crippen molar-refractivity contribution in [1.29, 1.82) is 0 Å². The van der Waals surface area contributed by atoms with Crippen LogP contribution in [0.15, 0.2) is 12.5 Å². The van der Waals surface area contributed by atoms with Crippen LogP contribution in [0.5, 0.6) is 0 Å². The van der Waals surface area contributed by atoms with E-state index in [-0.39, 0.29) is 23.9 Å². The molecule has 2 fully saturated rings. The van der Waals surface area contributed by atoms with Crippen LogP contribution >= 0.6 is 0 Å². The number of rotatable bonds is 5. The van der Waals surface area contributed by atoms with E-state index in [2.05, 4.69) is 15.2 Å². The van der Waals surface area contributed by atoms with Crippen molar-refractivity contribution in [1.82, 2.24) is 24.7 Å². The Morgan fingerprint density at radius 1 is 1.33 bits per heavy atom. The smallest absolute Gasteiger partial charge is 0.325 e. The van der Waals surface area contributed by atoms with Crippen molar-refractivity contribution in [3.63, 3.8) is 0 Å². The molecule has 2 aliphatic heterocycles. The second-order valence-electron chi connectivity index (χ2n) is 7.36. The average Bonchev–Trinajstić information content (AvgIpc) is 3.12. The molecule has 2 atom stereocenters. The van der Waals surface area contributed by atoms with Crippen molar-refractivity contribution in [2.24, 2.45) is 12.8 Å². The molecule has 3 rings (SSSR count). The maximum Gasteiger partial charge on any atom is 0.325 e. The molecule has 8 heteroatoms. The standard InChI is InChI=1S/C16H26N6O2/c1-16(2)14(23)22(15(24)19-16)6-4-5-21-7-11(12(17)8-21)13-9-20(3)10-18-13/h9-12H,4-8,17H2,1-3H3,(H,19,24)/t11-,12-/m1/s1. The second kappa shape index (κ2) is 6.18. The van der Waals surface area contributed by atoms with E-state index in [0.717, 1.165) is 31.7 Å². The van der Waals surface area contributed by atoms with Crippen LogP contribution in [-0.4, -0.2) is 69.0 Å². The van der Waals surface area contributed by atoms with Gasteiger partial charge in [-0.25, -0.2) is 9.78 Å². The minimum Gasteiger partial charge on any atom is -0.340 e. The van der Waals surface area contributed by atoms with Crippen LogP contribution < -0.4 is 11.1 Å². The van der Waals surface area contributed by atoms with Crippen molar-refractivity contribution in [2.75, 3.05) is 26.2 Å². The van der Waals surface area contributed by atoms with Gasteiger partial charge in [0.25, 0.3) is 5.91 Å². The Hall–Kier alpha value is -1.93. The molecular weight excluding hydrogens is 308 g/mol. The molecule has 2 aliphatic rings. The van der Waals surface area contributed by atoms with E-state index in [1.165, 1.54) is 4.90 Å². The topological polar surface area (TPSA) is 96.5 Å². The summed E-state index contributed by atoms with van der Waals surface area (Å²) in [6.07, 6.45) is 4.56. The van der Waals surface area contributed by atoms with E-state index in [1.807, 2.05) is 17.8 Å². The predicted octanol–water partition coefficient (Wildman–Crippen LogP) is -0.133. The third kappa shape index (κ3) is 3.16. The number of urea groups is 1. The summed E-state index contributed by atoms with van der Waals surface area (Å²) in [5.74, 6) is 0.0823. The molecule has 0 spiro atoms. The highest BCUT2D eigenvalue weighted by Crippen LogP contribution is 2.25. The number of aryl methyl sites for hydroxylation is 1. The maximum atomic E-state index is 12.2. The van der Waals surface area contributed by atoms with E-state index in [1.54, 1.807) is 20.2 Å². The lowest BCUT2D eigenvalue weighted by atomic mass is 10.0. The van der Waals surface area contributed by atoms with Crippen molar-refractivity contribution in [3.05, 3.63) is 18.2 Å². The van der Waals surface area contributed by atoms with Gasteiger partial charge in [0.15, 0.2) is 0 Å². The van der Waals surface area contributed by atoms with Crippen molar-refractivity contribution < 1.29 is 9.59 Å². The molecule has 3 heterocycles. The van der Waals surface area contributed by atoms with Gasteiger partial charge in [0.05, 0.1) is 12.0 Å². The van der Waals surface area contributed by atoms with Gasteiger partial charge in [-0.2, -0.15) is 0 Å². The lowest BCUT2D eigenvalue weighted by molar-refractivity contribution is -0.130. The third-order valence-corrected chi connectivity index (χ3v) is 4.85. The molecule has 0 radical (unpaired) electrons. The minimum absolute atomic E-state index is 0.0653. The van der Waals surface area contributed by atoms with Crippen LogP contribution in [0.3, 0.4) is 0 Å². The van der Waals surface area contributed by atoms with Crippen molar-refractivity contribution >= 4 is 11.9 Å². The molecule has 0 bridgehead atoms. The number of carbonyl (C=O) groups is 2. The molecule has 2 saturated heterocycles. The van der Waals surface area contributed by atoms with Gasteiger partial charge in [-0.15, -0.1) is 0 Å². The number of nitrogens with two attached hydrogens (primary N) is 1. The average molecular weight is 334 g/mol. The fourth-order valence-electron chi connectivity index (χ4n) is 3.51. The summed E-state index contributed by atoms with van der Waals surface area (Å²) >= 11 is 0. The molecule has 0 saturated carbocycles. The zero-order chi connectivity index (χ0) is 17.5. The quantitative estimate of drug-likeness (QED) is 0.731. The highest BCUT2D eigenvalue weighted by atomic mass is 16.2. The monoisotopic (exact) mass is 334 g/mol.